The van der Waals surface area contributed by atoms with Crippen molar-refractivity contribution in [2.45, 2.75) is 0 Å². The van der Waals surface area contributed by atoms with Gasteiger partial charge in [0.05, 0.1) is 16.6 Å². The smallest absolute Gasteiger partial charge is 0.198 e. The second-order valence-corrected chi connectivity index (χ2v) is 4.34. The van der Waals surface area contributed by atoms with Gasteiger partial charge in [0.25, 0.3) is 0 Å². The van der Waals surface area contributed by atoms with E-state index in [2.05, 4.69) is 27.1 Å². The summed E-state index contributed by atoms with van der Waals surface area (Å²) >= 11 is 0. The van der Waals surface area contributed by atoms with Crippen LogP contribution in [0.4, 0.5) is 5.95 Å². The third-order valence-corrected chi connectivity index (χ3v) is 2.92. The van der Waals surface area contributed by atoms with Crippen LogP contribution in [0.5, 0.6) is 0 Å². The summed E-state index contributed by atoms with van der Waals surface area (Å²) in [4.78, 5) is 11.1. The van der Waals surface area contributed by atoms with Gasteiger partial charge in [0.15, 0.2) is 5.95 Å². The molecule has 4 heteroatoms. The third-order valence-electron chi connectivity index (χ3n) is 2.92. The number of anilines is 1. The first-order valence-electron chi connectivity index (χ1n) is 6.33. The molecule has 0 aliphatic heterocycles. The molecule has 98 valence electrons. The molecule has 0 radical (unpaired) electrons. The van der Waals surface area contributed by atoms with E-state index in [1.807, 2.05) is 54.7 Å². The lowest BCUT2D eigenvalue weighted by molar-refractivity contribution is 1.35. The Morgan fingerprint density at radius 3 is 2.30 bits per heavy atom. The largest absolute Gasteiger partial charge is 0.369 e. The number of rotatable bonds is 0. The van der Waals surface area contributed by atoms with E-state index in [1.54, 1.807) is 0 Å². The monoisotopic (exact) mass is 262 g/mol. The Bertz CT molecular complexity index is 737. The van der Waals surface area contributed by atoms with Crippen LogP contribution in [-0.4, -0.2) is 15.0 Å². The standard InChI is InChI=1S/C9H7N.C7H7N3/c1-2-6-9-8(4-1)5-3-7-10-9;8-7-9-5-3-1-2-4-6(5)10-7/h1-7H;1-4H,(H3,8,9,10). The first kappa shape index (κ1) is 12.2. The molecule has 0 saturated heterocycles. The number of nitrogens with one attached hydrogen (secondary N) is 1. The SMILES string of the molecule is Nc1nc2ccccc2[nH]1.c1ccc2ncccc2c1. The van der Waals surface area contributed by atoms with Gasteiger partial charge >= 0.3 is 0 Å². The van der Waals surface area contributed by atoms with E-state index in [9.17, 15) is 0 Å². The summed E-state index contributed by atoms with van der Waals surface area (Å²) in [5.41, 5.74) is 8.39. The normalized spacial score (nSPS) is 10.2. The fourth-order valence-electron chi connectivity index (χ4n) is 1.99. The second-order valence-electron chi connectivity index (χ2n) is 4.34. The first-order chi connectivity index (χ1) is 9.83. The number of benzene rings is 2. The Labute approximate surface area is 116 Å². The Morgan fingerprint density at radius 1 is 0.800 bits per heavy atom. The molecule has 4 nitrogen and oxygen atoms in total. The number of imidazole rings is 1. The Morgan fingerprint density at radius 2 is 1.50 bits per heavy atom. The van der Waals surface area contributed by atoms with Crippen LogP contribution in [0, 0.1) is 0 Å². The minimum absolute atomic E-state index is 0.473. The molecule has 2 aromatic heterocycles. The van der Waals surface area contributed by atoms with Crippen LogP contribution in [0.1, 0.15) is 0 Å². The number of para-hydroxylation sites is 3. The maximum atomic E-state index is 5.42. The van der Waals surface area contributed by atoms with Crippen molar-refractivity contribution in [1.29, 1.82) is 0 Å². The number of aromatic nitrogens is 3. The number of aromatic amines is 1. The zero-order valence-electron chi connectivity index (χ0n) is 10.8. The number of H-pyrrole nitrogens is 1. The number of nitrogens with zero attached hydrogens (tertiary/aromatic N) is 2. The van der Waals surface area contributed by atoms with Gasteiger partial charge in [0.2, 0.25) is 0 Å². The van der Waals surface area contributed by atoms with Crippen LogP contribution >= 0.6 is 0 Å². The third kappa shape index (κ3) is 2.59. The fraction of sp³-hybridized carbons (Fsp3) is 0. The van der Waals surface area contributed by atoms with Gasteiger partial charge in [-0.15, -0.1) is 0 Å². The molecule has 20 heavy (non-hydrogen) atoms. The number of nitrogen functional groups attached to an aromatic ring is 1. The fourth-order valence-corrected chi connectivity index (χ4v) is 1.99. The van der Waals surface area contributed by atoms with E-state index in [4.69, 9.17) is 5.73 Å². The van der Waals surface area contributed by atoms with E-state index in [1.165, 1.54) is 5.39 Å². The van der Waals surface area contributed by atoms with Crippen molar-refractivity contribution >= 4 is 27.9 Å². The predicted molar refractivity (Wildman–Crippen MR) is 82.2 cm³/mol. The lowest BCUT2D eigenvalue weighted by Crippen LogP contribution is -1.84. The van der Waals surface area contributed by atoms with Crippen LogP contribution in [0.25, 0.3) is 21.9 Å². The molecule has 0 unspecified atom stereocenters. The summed E-state index contributed by atoms with van der Waals surface area (Å²) in [6.07, 6.45) is 1.81. The summed E-state index contributed by atoms with van der Waals surface area (Å²) in [5, 5.41) is 1.20. The molecule has 2 aromatic carbocycles. The van der Waals surface area contributed by atoms with Crippen molar-refractivity contribution in [2.24, 2.45) is 0 Å². The average molecular weight is 262 g/mol. The highest BCUT2D eigenvalue weighted by molar-refractivity contribution is 5.78. The van der Waals surface area contributed by atoms with Crippen molar-refractivity contribution in [3.63, 3.8) is 0 Å². The topological polar surface area (TPSA) is 67.6 Å². The Hall–Kier alpha value is -2.88. The van der Waals surface area contributed by atoms with Crippen LogP contribution in [0.2, 0.25) is 0 Å². The molecule has 3 N–H and O–H groups in total. The van der Waals surface area contributed by atoms with Crippen LogP contribution in [-0.2, 0) is 0 Å². The van der Waals surface area contributed by atoms with Gasteiger partial charge in [0.1, 0.15) is 0 Å². The number of hydrogen-bond donors (Lipinski definition) is 2. The van der Waals surface area contributed by atoms with E-state index >= 15 is 0 Å². The number of nitrogens with two attached hydrogens (primary N) is 1. The maximum Gasteiger partial charge on any atom is 0.198 e. The molecule has 0 amide bonds. The Kier molecular flexibility index (Phi) is 3.29. The van der Waals surface area contributed by atoms with Crippen LogP contribution in [0.15, 0.2) is 66.9 Å². The predicted octanol–water partition coefficient (Wildman–Crippen LogP) is 3.38. The second kappa shape index (κ2) is 5.40. The molecule has 0 bridgehead atoms. The molecular formula is C16H14N4. The van der Waals surface area contributed by atoms with Crippen molar-refractivity contribution in [1.82, 2.24) is 15.0 Å². The van der Waals surface area contributed by atoms with Crippen LogP contribution < -0.4 is 5.73 Å². The molecule has 4 rings (SSSR count). The minimum atomic E-state index is 0.473. The average Bonchev–Trinajstić information content (AvgIpc) is 2.88. The zero-order valence-corrected chi connectivity index (χ0v) is 10.8. The highest BCUT2D eigenvalue weighted by Crippen LogP contribution is 2.10. The summed E-state index contributed by atoms with van der Waals surface area (Å²) in [6, 6.07) is 19.8. The molecule has 0 aliphatic rings. The minimum Gasteiger partial charge on any atom is -0.369 e. The molecule has 2 heterocycles. The first-order valence-corrected chi connectivity index (χ1v) is 6.33. The van der Waals surface area contributed by atoms with Crippen LogP contribution in [0.3, 0.4) is 0 Å². The molecule has 4 aromatic rings. The van der Waals surface area contributed by atoms with Gasteiger partial charge < -0.3 is 10.7 Å². The summed E-state index contributed by atoms with van der Waals surface area (Å²) in [7, 11) is 0. The quantitative estimate of drug-likeness (QED) is 0.510. The van der Waals surface area contributed by atoms with Crippen molar-refractivity contribution in [3.8, 4) is 0 Å². The van der Waals surface area contributed by atoms with Crippen molar-refractivity contribution in [3.05, 3.63) is 66.9 Å². The lowest BCUT2D eigenvalue weighted by atomic mass is 10.2. The van der Waals surface area contributed by atoms with Gasteiger partial charge in [-0.2, -0.15) is 0 Å². The van der Waals surface area contributed by atoms with Gasteiger partial charge in [0, 0.05) is 11.6 Å². The Balaban J connectivity index is 0.000000121. The molecule has 0 saturated carbocycles. The summed E-state index contributed by atoms with van der Waals surface area (Å²) in [5.74, 6) is 0.473. The molecule has 0 atom stereocenters. The van der Waals surface area contributed by atoms with Gasteiger partial charge in [-0.05, 0) is 24.3 Å². The zero-order chi connectivity index (χ0) is 13.8. The number of pyridine rings is 1. The maximum absolute atomic E-state index is 5.42. The molecular weight excluding hydrogens is 248 g/mol. The highest BCUT2D eigenvalue weighted by Gasteiger charge is 1.94. The van der Waals surface area contributed by atoms with Gasteiger partial charge in [-0.1, -0.05) is 36.4 Å². The van der Waals surface area contributed by atoms with E-state index < -0.39 is 0 Å². The highest BCUT2D eigenvalue weighted by atomic mass is 15.0. The van der Waals surface area contributed by atoms with Gasteiger partial charge in [-0.3, -0.25) is 4.98 Å². The number of fused-ring (bicyclic) bond motifs is 2. The molecule has 0 fully saturated rings. The van der Waals surface area contributed by atoms with Crippen molar-refractivity contribution < 1.29 is 0 Å². The van der Waals surface area contributed by atoms with Crippen molar-refractivity contribution in [2.75, 3.05) is 5.73 Å². The molecule has 0 aliphatic carbocycles. The number of hydrogen-bond acceptors (Lipinski definition) is 3. The van der Waals surface area contributed by atoms with E-state index in [0.29, 0.717) is 5.95 Å². The van der Waals surface area contributed by atoms with E-state index in [-0.39, 0.29) is 0 Å². The molecule has 0 spiro atoms. The lowest BCUT2D eigenvalue weighted by Gasteiger charge is -1.91. The summed E-state index contributed by atoms with van der Waals surface area (Å²) < 4.78 is 0. The van der Waals surface area contributed by atoms with Gasteiger partial charge in [-0.25, -0.2) is 4.98 Å². The summed E-state index contributed by atoms with van der Waals surface area (Å²) in [6.45, 7) is 0. The van der Waals surface area contributed by atoms with E-state index in [0.717, 1.165) is 16.6 Å².